The van der Waals surface area contributed by atoms with Crippen LogP contribution in [0.15, 0.2) is 78.9 Å². The number of carbonyl (C=O) groups is 2. The van der Waals surface area contributed by atoms with Crippen molar-refractivity contribution in [3.8, 4) is 16.9 Å². The Hall–Kier alpha value is -3.60. The van der Waals surface area contributed by atoms with Gasteiger partial charge >= 0.3 is 0 Å². The summed E-state index contributed by atoms with van der Waals surface area (Å²) >= 11 is 0. The van der Waals surface area contributed by atoms with Crippen molar-refractivity contribution in [2.24, 2.45) is 0 Å². The molecule has 5 heteroatoms. The van der Waals surface area contributed by atoms with Gasteiger partial charge in [0.2, 0.25) is 5.91 Å². The van der Waals surface area contributed by atoms with Gasteiger partial charge in [0.25, 0.3) is 5.91 Å². The number of nitrogens with one attached hydrogen (secondary N) is 1. The summed E-state index contributed by atoms with van der Waals surface area (Å²) in [5.41, 5.74) is 3.61. The predicted molar refractivity (Wildman–Crippen MR) is 114 cm³/mol. The van der Waals surface area contributed by atoms with Crippen LogP contribution in [0.3, 0.4) is 0 Å². The van der Waals surface area contributed by atoms with Crippen molar-refractivity contribution < 1.29 is 14.3 Å². The first kappa shape index (κ1) is 20.1. The quantitative estimate of drug-likeness (QED) is 0.671. The van der Waals surface area contributed by atoms with Gasteiger partial charge in [-0.15, -0.1) is 0 Å². The number of likely N-dealkylation sites (N-methyl/N-ethyl adjacent to an activating group) is 1. The number of nitrogens with zero attached hydrogens (tertiary/aromatic N) is 1. The fourth-order valence-corrected chi connectivity index (χ4v) is 2.97. The predicted octanol–water partition coefficient (Wildman–Crippen LogP) is 3.75. The lowest BCUT2D eigenvalue weighted by molar-refractivity contribution is -0.129. The Morgan fingerprint density at radius 2 is 1.59 bits per heavy atom. The Bertz CT molecular complexity index is 969. The van der Waals surface area contributed by atoms with E-state index in [-0.39, 0.29) is 18.4 Å². The average molecular weight is 388 g/mol. The minimum atomic E-state index is -0.271. The van der Waals surface area contributed by atoms with Gasteiger partial charge in [0, 0.05) is 19.2 Å². The van der Waals surface area contributed by atoms with Gasteiger partial charge in [-0.2, -0.15) is 0 Å². The van der Waals surface area contributed by atoms with E-state index in [2.05, 4.69) is 5.32 Å². The van der Waals surface area contributed by atoms with Crippen LogP contribution in [-0.4, -0.2) is 37.4 Å². The van der Waals surface area contributed by atoms with E-state index < -0.39 is 0 Å². The first-order chi connectivity index (χ1) is 14.1. The maximum absolute atomic E-state index is 12.4. The number of methoxy groups -OCH3 is 1. The van der Waals surface area contributed by atoms with Crippen LogP contribution in [0.25, 0.3) is 11.1 Å². The van der Waals surface area contributed by atoms with E-state index in [1.54, 1.807) is 31.2 Å². The van der Waals surface area contributed by atoms with Crippen molar-refractivity contribution in [1.29, 1.82) is 0 Å². The fourth-order valence-electron chi connectivity index (χ4n) is 2.97. The zero-order valence-electron chi connectivity index (χ0n) is 16.6. The minimum absolute atomic E-state index is 0.0558. The smallest absolute Gasteiger partial charge is 0.251 e. The number of hydrogen-bond donors (Lipinski definition) is 1. The summed E-state index contributed by atoms with van der Waals surface area (Å²) in [6.07, 6.45) is 0. The van der Waals surface area contributed by atoms with Gasteiger partial charge in [-0.05, 0) is 41.0 Å². The molecule has 0 fully saturated rings. The van der Waals surface area contributed by atoms with E-state index in [0.717, 1.165) is 22.4 Å². The standard InChI is InChI=1S/C24H24N2O3/c1-26(17-18-7-6-10-22(15-18)29-2)23(27)16-25-24(28)21-13-11-20(12-14-21)19-8-4-3-5-9-19/h3-15H,16-17H2,1-2H3,(H,25,28). The maximum Gasteiger partial charge on any atom is 0.251 e. The van der Waals surface area contributed by atoms with E-state index in [4.69, 9.17) is 4.74 Å². The highest BCUT2D eigenvalue weighted by Crippen LogP contribution is 2.19. The van der Waals surface area contributed by atoms with Crippen LogP contribution < -0.4 is 10.1 Å². The van der Waals surface area contributed by atoms with Crippen LogP contribution in [0.4, 0.5) is 0 Å². The zero-order chi connectivity index (χ0) is 20.6. The molecule has 29 heavy (non-hydrogen) atoms. The number of rotatable bonds is 7. The molecule has 0 bridgehead atoms. The molecule has 0 saturated carbocycles. The molecular formula is C24H24N2O3. The third-order valence-corrected chi connectivity index (χ3v) is 4.63. The molecule has 3 rings (SSSR count). The molecule has 0 aliphatic heterocycles. The largest absolute Gasteiger partial charge is 0.497 e. The van der Waals surface area contributed by atoms with Crippen molar-refractivity contribution in [3.63, 3.8) is 0 Å². The monoisotopic (exact) mass is 388 g/mol. The number of carbonyl (C=O) groups excluding carboxylic acids is 2. The molecule has 0 heterocycles. The summed E-state index contributed by atoms with van der Waals surface area (Å²) in [5.74, 6) is 0.311. The molecule has 0 radical (unpaired) electrons. The van der Waals surface area contributed by atoms with Crippen molar-refractivity contribution in [2.45, 2.75) is 6.54 Å². The van der Waals surface area contributed by atoms with Gasteiger partial charge in [0.15, 0.2) is 0 Å². The van der Waals surface area contributed by atoms with Crippen LogP contribution in [0.1, 0.15) is 15.9 Å². The van der Waals surface area contributed by atoms with E-state index in [1.165, 1.54) is 0 Å². The van der Waals surface area contributed by atoms with Crippen LogP contribution in [0, 0.1) is 0 Å². The SMILES string of the molecule is COc1cccc(CN(C)C(=O)CNC(=O)c2ccc(-c3ccccc3)cc2)c1. The Balaban J connectivity index is 1.53. The van der Waals surface area contributed by atoms with Crippen LogP contribution in [0.5, 0.6) is 5.75 Å². The molecule has 0 spiro atoms. The summed E-state index contributed by atoms with van der Waals surface area (Å²) in [6.45, 7) is 0.386. The zero-order valence-corrected chi connectivity index (χ0v) is 16.6. The van der Waals surface area contributed by atoms with Crippen molar-refractivity contribution >= 4 is 11.8 Å². The Morgan fingerprint density at radius 1 is 0.897 bits per heavy atom. The topological polar surface area (TPSA) is 58.6 Å². The highest BCUT2D eigenvalue weighted by atomic mass is 16.5. The Kier molecular flexibility index (Phi) is 6.63. The summed E-state index contributed by atoms with van der Waals surface area (Å²) < 4.78 is 5.20. The number of ether oxygens (including phenoxy) is 1. The number of hydrogen-bond acceptors (Lipinski definition) is 3. The summed E-state index contributed by atoms with van der Waals surface area (Å²) in [5, 5.41) is 2.69. The first-order valence-corrected chi connectivity index (χ1v) is 9.37. The van der Waals surface area contributed by atoms with Crippen molar-refractivity contribution in [3.05, 3.63) is 90.0 Å². The van der Waals surface area contributed by atoms with Gasteiger partial charge in [0.1, 0.15) is 5.75 Å². The van der Waals surface area contributed by atoms with Crippen LogP contribution in [0.2, 0.25) is 0 Å². The molecule has 0 aliphatic rings. The Morgan fingerprint density at radius 3 is 2.28 bits per heavy atom. The van der Waals surface area contributed by atoms with Gasteiger partial charge in [-0.25, -0.2) is 0 Å². The van der Waals surface area contributed by atoms with Crippen LogP contribution in [-0.2, 0) is 11.3 Å². The van der Waals surface area contributed by atoms with Crippen LogP contribution >= 0.6 is 0 Å². The first-order valence-electron chi connectivity index (χ1n) is 9.37. The number of amides is 2. The molecule has 0 saturated heterocycles. The van der Waals surface area contributed by atoms with E-state index in [9.17, 15) is 9.59 Å². The lowest BCUT2D eigenvalue weighted by atomic mass is 10.0. The van der Waals surface area contributed by atoms with Gasteiger partial charge in [-0.1, -0.05) is 54.6 Å². The highest BCUT2D eigenvalue weighted by Gasteiger charge is 2.12. The molecule has 1 N–H and O–H groups in total. The third-order valence-electron chi connectivity index (χ3n) is 4.63. The summed E-state index contributed by atoms with van der Waals surface area (Å²) in [6, 6.07) is 24.8. The number of benzene rings is 3. The minimum Gasteiger partial charge on any atom is -0.497 e. The summed E-state index contributed by atoms with van der Waals surface area (Å²) in [4.78, 5) is 26.3. The van der Waals surface area contributed by atoms with E-state index in [0.29, 0.717) is 12.1 Å². The van der Waals surface area contributed by atoms with Gasteiger partial charge in [0.05, 0.1) is 13.7 Å². The second-order valence-electron chi connectivity index (χ2n) is 6.73. The Labute approximate surface area is 170 Å². The second kappa shape index (κ2) is 9.55. The molecule has 0 atom stereocenters. The fraction of sp³-hybridized carbons (Fsp3) is 0.167. The molecule has 0 aromatic heterocycles. The van der Waals surface area contributed by atoms with Crippen molar-refractivity contribution in [2.75, 3.05) is 20.7 Å². The molecule has 5 nitrogen and oxygen atoms in total. The maximum atomic E-state index is 12.4. The van der Waals surface area contributed by atoms with Gasteiger partial charge in [-0.3, -0.25) is 9.59 Å². The van der Waals surface area contributed by atoms with Crippen molar-refractivity contribution in [1.82, 2.24) is 10.2 Å². The molecule has 3 aromatic carbocycles. The van der Waals surface area contributed by atoms with E-state index in [1.807, 2.05) is 66.7 Å². The normalized spacial score (nSPS) is 10.3. The molecule has 148 valence electrons. The average Bonchev–Trinajstić information content (AvgIpc) is 2.78. The molecular weight excluding hydrogens is 364 g/mol. The van der Waals surface area contributed by atoms with Gasteiger partial charge < -0.3 is 15.0 Å². The highest BCUT2D eigenvalue weighted by molar-refractivity contribution is 5.96. The molecule has 0 aliphatic carbocycles. The lowest BCUT2D eigenvalue weighted by Crippen LogP contribution is -2.37. The second-order valence-corrected chi connectivity index (χ2v) is 6.73. The molecule has 0 unspecified atom stereocenters. The van der Waals surface area contributed by atoms with E-state index >= 15 is 0 Å². The third kappa shape index (κ3) is 5.45. The molecule has 3 aromatic rings. The summed E-state index contributed by atoms with van der Waals surface area (Å²) in [7, 11) is 3.32. The molecule has 2 amide bonds. The lowest BCUT2D eigenvalue weighted by Gasteiger charge is -2.18.